The molecule has 0 radical (unpaired) electrons. The summed E-state index contributed by atoms with van der Waals surface area (Å²) in [6, 6.07) is 14.7. The van der Waals surface area contributed by atoms with Crippen LogP contribution in [0.2, 0.25) is 10.0 Å². The maximum atomic E-state index is 17.5. The van der Waals surface area contributed by atoms with Crippen molar-refractivity contribution in [2.75, 3.05) is 13.1 Å². The highest BCUT2D eigenvalue weighted by Gasteiger charge is 2.50. The standard InChI is InChI=1S/C38H35Cl2FN6O3/c1-38(2,50)29-11-10-20(17-44-29)33-24-16-28(27-9-5-13-46(27)37(48)49)47(35-21-15-26(35)43-18-21)36(24)23-14-19(6-4-12-42)30(32(41)34(23)45-33)22-7-3-8-25(39)31(22)40/h3,7-8,10-11,14,16-17,21,26-27,35,43,50H,4-6,9,13,15,18H2,1-2H3,(H,48,49)/t21-,26-,27-,35+/m1/s1. The summed E-state index contributed by atoms with van der Waals surface area (Å²) in [5, 5.41) is 35.9. The van der Waals surface area contributed by atoms with E-state index in [0.29, 0.717) is 52.3 Å². The van der Waals surface area contributed by atoms with Crippen molar-refractivity contribution in [1.29, 1.82) is 5.26 Å². The number of nitrogens with one attached hydrogen (secondary N) is 1. The summed E-state index contributed by atoms with van der Waals surface area (Å²) < 4.78 is 19.7. The van der Waals surface area contributed by atoms with Crippen LogP contribution in [0.1, 0.15) is 68.6 Å². The molecule has 12 heteroatoms. The van der Waals surface area contributed by atoms with Gasteiger partial charge < -0.3 is 20.1 Å². The second-order valence-electron chi connectivity index (χ2n) is 14.2. The topological polar surface area (TPSA) is 127 Å². The van der Waals surface area contributed by atoms with Crippen LogP contribution < -0.4 is 5.32 Å². The number of halogens is 3. The molecule has 2 bridgehead atoms. The normalized spacial score (nSPS) is 21.6. The van der Waals surface area contributed by atoms with Crippen molar-refractivity contribution in [2.24, 2.45) is 5.92 Å². The molecule has 256 valence electrons. The number of likely N-dealkylation sites (tertiary alicyclic amines) is 1. The van der Waals surface area contributed by atoms with Crippen molar-refractivity contribution in [2.45, 2.75) is 69.7 Å². The number of nitriles is 1. The van der Waals surface area contributed by atoms with Crippen LogP contribution in [-0.4, -0.2) is 54.9 Å². The molecule has 9 rings (SSSR count). The van der Waals surface area contributed by atoms with Crippen molar-refractivity contribution in [3.63, 3.8) is 0 Å². The van der Waals surface area contributed by atoms with E-state index in [1.54, 1.807) is 44.3 Å². The van der Waals surface area contributed by atoms with Crippen molar-refractivity contribution in [3.05, 3.63) is 81.5 Å². The van der Waals surface area contributed by atoms with Gasteiger partial charge in [0.2, 0.25) is 0 Å². The summed E-state index contributed by atoms with van der Waals surface area (Å²) in [5.74, 6) is -0.248. The third-order valence-corrected chi connectivity index (χ3v) is 11.6. The Bertz CT molecular complexity index is 2230. The molecule has 0 unspecified atom stereocenters. The second-order valence-corrected chi connectivity index (χ2v) is 15.0. The number of carboxylic acid groups (broad SMARTS) is 1. The van der Waals surface area contributed by atoms with Gasteiger partial charge in [0, 0.05) is 64.9 Å². The lowest BCUT2D eigenvalue weighted by molar-refractivity contribution is 0.0739. The van der Waals surface area contributed by atoms with Gasteiger partial charge in [0.15, 0.2) is 5.82 Å². The van der Waals surface area contributed by atoms with E-state index in [4.69, 9.17) is 28.2 Å². The monoisotopic (exact) mass is 712 g/mol. The maximum absolute atomic E-state index is 17.5. The second kappa shape index (κ2) is 12.2. The third kappa shape index (κ3) is 5.13. The predicted octanol–water partition coefficient (Wildman–Crippen LogP) is 8.40. The SMILES string of the molecule is CC(C)(O)c1ccc(-c2nc3c(F)c(-c4cccc(Cl)c4Cl)c(CCC#N)cc3c3c2cc([C@H]2CCCN2C(=O)O)n3[C@H]2[C@H]3CN[C@@H]2C3)cn1. The summed E-state index contributed by atoms with van der Waals surface area (Å²) in [7, 11) is 0. The minimum absolute atomic E-state index is 0.0422. The number of amides is 1. The Morgan fingerprint density at radius 3 is 2.68 bits per heavy atom. The molecule has 2 aromatic carbocycles. The molecule has 3 N–H and O–H groups in total. The van der Waals surface area contributed by atoms with Gasteiger partial charge in [0.1, 0.15) is 11.1 Å². The Kier molecular flexibility index (Phi) is 8.03. The highest BCUT2D eigenvalue weighted by molar-refractivity contribution is 6.43. The van der Waals surface area contributed by atoms with Gasteiger partial charge in [0.25, 0.3) is 0 Å². The molecular formula is C38H35Cl2FN6O3. The Morgan fingerprint density at radius 1 is 1.20 bits per heavy atom. The fraction of sp³-hybridized carbons (Fsp3) is 0.368. The molecule has 1 aliphatic carbocycles. The van der Waals surface area contributed by atoms with Gasteiger partial charge in [-0.2, -0.15) is 5.26 Å². The molecule has 1 amide bonds. The summed E-state index contributed by atoms with van der Waals surface area (Å²) in [4.78, 5) is 23.6. The van der Waals surface area contributed by atoms with Crippen LogP contribution >= 0.6 is 23.2 Å². The molecular weight excluding hydrogens is 678 g/mol. The van der Waals surface area contributed by atoms with Crippen LogP contribution in [0.15, 0.2) is 48.7 Å². The number of benzene rings is 2. The van der Waals surface area contributed by atoms with Crippen molar-refractivity contribution < 1.29 is 19.4 Å². The summed E-state index contributed by atoms with van der Waals surface area (Å²) in [6.45, 7) is 4.60. The van der Waals surface area contributed by atoms with E-state index in [-0.39, 0.29) is 52.1 Å². The van der Waals surface area contributed by atoms with E-state index in [0.717, 1.165) is 36.0 Å². The molecule has 9 nitrogen and oxygen atoms in total. The van der Waals surface area contributed by atoms with Gasteiger partial charge in [-0.1, -0.05) is 35.3 Å². The molecule has 1 saturated carbocycles. The zero-order valence-electron chi connectivity index (χ0n) is 27.6. The lowest BCUT2D eigenvalue weighted by Crippen LogP contribution is -2.40. The lowest BCUT2D eigenvalue weighted by atomic mass is 9.79. The number of nitrogens with zero attached hydrogens (tertiary/aromatic N) is 5. The highest BCUT2D eigenvalue weighted by atomic mass is 35.5. The largest absolute Gasteiger partial charge is 0.465 e. The molecule has 0 spiro atoms. The first-order valence-corrected chi connectivity index (χ1v) is 17.7. The molecule has 4 atom stereocenters. The zero-order valence-corrected chi connectivity index (χ0v) is 29.1. The molecule has 4 fully saturated rings. The average Bonchev–Trinajstić information content (AvgIpc) is 3.89. The molecule has 3 aliphatic heterocycles. The Balaban J connectivity index is 1.50. The number of hydrogen-bond acceptors (Lipinski definition) is 6. The van der Waals surface area contributed by atoms with E-state index < -0.39 is 17.5 Å². The number of aryl methyl sites for hydroxylation is 1. The quantitative estimate of drug-likeness (QED) is 0.155. The number of aliphatic hydroxyl groups is 1. The maximum Gasteiger partial charge on any atom is 0.407 e. The van der Waals surface area contributed by atoms with E-state index in [2.05, 4.69) is 20.9 Å². The first kappa shape index (κ1) is 32.9. The van der Waals surface area contributed by atoms with Gasteiger partial charge in [-0.15, -0.1) is 0 Å². The van der Waals surface area contributed by atoms with Crippen LogP contribution in [0.25, 0.3) is 44.2 Å². The summed E-state index contributed by atoms with van der Waals surface area (Å²) in [6.07, 6.45) is 3.50. The first-order chi connectivity index (χ1) is 24.0. The van der Waals surface area contributed by atoms with E-state index in [1.807, 2.05) is 18.2 Å². The molecule has 3 aromatic heterocycles. The predicted molar refractivity (Wildman–Crippen MR) is 191 cm³/mol. The van der Waals surface area contributed by atoms with Gasteiger partial charge >= 0.3 is 6.09 Å². The van der Waals surface area contributed by atoms with Crippen LogP contribution in [0.5, 0.6) is 0 Å². The molecule has 5 aromatic rings. The van der Waals surface area contributed by atoms with Gasteiger partial charge in [-0.25, -0.2) is 14.2 Å². The Morgan fingerprint density at radius 2 is 2.02 bits per heavy atom. The molecule has 4 aliphatic rings. The lowest BCUT2D eigenvalue weighted by Gasteiger charge is -2.39. The smallest absolute Gasteiger partial charge is 0.407 e. The number of rotatable bonds is 7. The first-order valence-electron chi connectivity index (χ1n) is 16.9. The highest BCUT2D eigenvalue weighted by Crippen LogP contribution is 2.51. The van der Waals surface area contributed by atoms with Crippen LogP contribution in [0, 0.1) is 23.1 Å². The number of hydrogen-bond donors (Lipinski definition) is 3. The van der Waals surface area contributed by atoms with Crippen molar-refractivity contribution in [3.8, 4) is 28.5 Å². The Hall–Kier alpha value is -4.27. The number of aromatic nitrogens is 3. The Labute approximate surface area is 298 Å². The van der Waals surface area contributed by atoms with Gasteiger partial charge in [0.05, 0.1) is 45.1 Å². The molecule has 50 heavy (non-hydrogen) atoms. The zero-order chi connectivity index (χ0) is 35.1. The minimum atomic E-state index is -1.17. The van der Waals surface area contributed by atoms with E-state index in [1.165, 1.54) is 4.90 Å². The van der Waals surface area contributed by atoms with E-state index >= 15 is 4.39 Å². The number of pyridine rings is 2. The minimum Gasteiger partial charge on any atom is -0.465 e. The van der Waals surface area contributed by atoms with Gasteiger partial charge in [-0.05, 0) is 81.3 Å². The fourth-order valence-corrected chi connectivity index (χ4v) is 8.76. The van der Waals surface area contributed by atoms with Crippen molar-refractivity contribution in [1.82, 2.24) is 24.8 Å². The fourth-order valence-electron chi connectivity index (χ4n) is 8.37. The number of carbonyl (C=O) groups is 1. The summed E-state index contributed by atoms with van der Waals surface area (Å²) >= 11 is 13.1. The molecule has 3 saturated heterocycles. The van der Waals surface area contributed by atoms with Crippen LogP contribution in [-0.2, 0) is 12.0 Å². The molecule has 6 heterocycles. The van der Waals surface area contributed by atoms with Crippen LogP contribution in [0.4, 0.5) is 9.18 Å². The third-order valence-electron chi connectivity index (χ3n) is 10.7. The number of fused-ring (bicyclic) bond motifs is 4. The van der Waals surface area contributed by atoms with Gasteiger partial charge in [-0.3, -0.25) is 9.88 Å². The van der Waals surface area contributed by atoms with Crippen LogP contribution in [0.3, 0.4) is 0 Å². The summed E-state index contributed by atoms with van der Waals surface area (Å²) in [5.41, 5.74) is 3.43. The van der Waals surface area contributed by atoms with E-state index in [9.17, 15) is 20.3 Å². The average molecular weight is 714 g/mol. The van der Waals surface area contributed by atoms with Crippen molar-refractivity contribution >= 4 is 51.1 Å².